The quantitative estimate of drug-likeness (QED) is 0.420. The fourth-order valence-electron chi connectivity index (χ4n) is 2.52. The maximum absolute atomic E-state index is 12.6. The fourth-order valence-corrected chi connectivity index (χ4v) is 3.57. The van der Waals surface area contributed by atoms with Crippen LogP contribution in [0.15, 0.2) is 57.8 Å². The van der Waals surface area contributed by atoms with E-state index in [4.69, 9.17) is 20.8 Å². The van der Waals surface area contributed by atoms with Gasteiger partial charge in [-0.1, -0.05) is 29.8 Å². The van der Waals surface area contributed by atoms with Crippen molar-refractivity contribution in [2.75, 3.05) is 7.11 Å². The largest absolute Gasteiger partial charge is 0.466 e. The number of halogens is 1. The van der Waals surface area contributed by atoms with Crippen molar-refractivity contribution < 1.29 is 23.5 Å². The van der Waals surface area contributed by atoms with Gasteiger partial charge in [0.05, 0.1) is 7.11 Å². The molecule has 0 saturated heterocycles. The van der Waals surface area contributed by atoms with Crippen LogP contribution >= 0.6 is 23.4 Å². The molecule has 0 spiro atoms. The molecule has 5 nitrogen and oxygen atoms in total. The van der Waals surface area contributed by atoms with Gasteiger partial charge in [0.15, 0.2) is 6.10 Å². The number of furan rings is 1. The van der Waals surface area contributed by atoms with Gasteiger partial charge in [0.2, 0.25) is 5.76 Å². The molecule has 0 aliphatic heterocycles. The highest BCUT2D eigenvalue weighted by Gasteiger charge is 2.26. The monoisotopic (exact) mass is 404 g/mol. The Labute approximate surface area is 165 Å². The zero-order chi connectivity index (χ0) is 19.4. The van der Waals surface area contributed by atoms with Crippen LogP contribution in [0.5, 0.6) is 0 Å². The van der Waals surface area contributed by atoms with Crippen LogP contribution in [0.1, 0.15) is 23.0 Å². The van der Waals surface area contributed by atoms with Crippen LogP contribution in [0.25, 0.3) is 11.0 Å². The van der Waals surface area contributed by atoms with Crippen molar-refractivity contribution >= 4 is 46.3 Å². The van der Waals surface area contributed by atoms with E-state index in [1.54, 1.807) is 17.8 Å². The van der Waals surface area contributed by atoms with Gasteiger partial charge < -0.3 is 13.9 Å². The molecule has 140 valence electrons. The number of esters is 2. The van der Waals surface area contributed by atoms with Gasteiger partial charge in [-0.3, -0.25) is 0 Å². The lowest BCUT2D eigenvalue weighted by molar-refractivity contribution is -0.149. The first kappa shape index (κ1) is 19.3. The van der Waals surface area contributed by atoms with Gasteiger partial charge in [0.1, 0.15) is 5.58 Å². The van der Waals surface area contributed by atoms with Gasteiger partial charge in [0, 0.05) is 26.6 Å². The summed E-state index contributed by atoms with van der Waals surface area (Å²) >= 11 is 7.46. The molecule has 0 aliphatic rings. The van der Waals surface area contributed by atoms with Crippen molar-refractivity contribution in [1.82, 2.24) is 0 Å². The molecular weight excluding hydrogens is 388 g/mol. The van der Waals surface area contributed by atoms with E-state index < -0.39 is 18.0 Å². The first-order chi connectivity index (χ1) is 13.0. The lowest BCUT2D eigenvalue weighted by atomic mass is 10.1. The molecule has 0 aliphatic carbocycles. The molecule has 2 aromatic carbocycles. The number of thioether (sulfide) groups is 1. The van der Waals surface area contributed by atoms with E-state index in [9.17, 15) is 9.59 Å². The number of ether oxygens (including phenoxy) is 2. The SMILES string of the molecule is COC(=O)[C@@H](C)OC(=O)c1oc2ccccc2c1CSc1ccc(Cl)cc1. The number of fused-ring (bicyclic) bond motifs is 1. The van der Waals surface area contributed by atoms with Gasteiger partial charge >= 0.3 is 11.9 Å². The van der Waals surface area contributed by atoms with Gasteiger partial charge in [-0.15, -0.1) is 11.8 Å². The average molecular weight is 405 g/mol. The molecule has 0 saturated carbocycles. The summed E-state index contributed by atoms with van der Waals surface area (Å²) in [4.78, 5) is 25.1. The predicted octanol–water partition coefficient (Wildman–Crippen LogP) is 5.10. The molecule has 1 aromatic heterocycles. The first-order valence-electron chi connectivity index (χ1n) is 8.17. The number of benzene rings is 2. The number of hydrogen-bond donors (Lipinski definition) is 0. The van der Waals surface area contributed by atoms with E-state index in [-0.39, 0.29) is 5.76 Å². The summed E-state index contributed by atoms with van der Waals surface area (Å²) in [7, 11) is 1.24. The van der Waals surface area contributed by atoms with E-state index in [1.165, 1.54) is 14.0 Å². The molecule has 3 aromatic rings. The predicted molar refractivity (Wildman–Crippen MR) is 104 cm³/mol. The summed E-state index contributed by atoms with van der Waals surface area (Å²) < 4.78 is 15.5. The summed E-state index contributed by atoms with van der Waals surface area (Å²) in [5.41, 5.74) is 1.30. The standard InChI is InChI=1S/C20H17ClO5S/c1-12(19(22)24-2)25-20(23)18-16(15-5-3-4-6-17(15)26-18)11-27-14-9-7-13(21)8-10-14/h3-10,12H,11H2,1-2H3/t12-/m1/s1. The molecule has 0 fully saturated rings. The Morgan fingerprint density at radius 2 is 1.85 bits per heavy atom. The minimum absolute atomic E-state index is 0.0911. The molecule has 27 heavy (non-hydrogen) atoms. The Kier molecular flexibility index (Phi) is 6.08. The van der Waals surface area contributed by atoms with E-state index >= 15 is 0 Å². The van der Waals surface area contributed by atoms with Crippen LogP contribution in [0.2, 0.25) is 5.02 Å². The van der Waals surface area contributed by atoms with Crippen molar-refractivity contribution in [3.8, 4) is 0 Å². The van der Waals surface area contributed by atoms with Crippen molar-refractivity contribution in [3.63, 3.8) is 0 Å². The molecule has 0 N–H and O–H groups in total. The number of carbonyl (C=O) groups excluding carboxylic acids is 2. The third-order valence-electron chi connectivity index (χ3n) is 3.90. The Balaban J connectivity index is 1.88. The number of methoxy groups -OCH3 is 1. The zero-order valence-electron chi connectivity index (χ0n) is 14.7. The minimum atomic E-state index is -1.02. The van der Waals surface area contributed by atoms with E-state index in [2.05, 4.69) is 4.74 Å². The third kappa shape index (κ3) is 4.46. The van der Waals surface area contributed by atoms with Gasteiger partial charge in [0.25, 0.3) is 0 Å². The van der Waals surface area contributed by atoms with E-state index in [0.717, 1.165) is 10.3 Å². The molecule has 1 heterocycles. The number of hydrogen-bond acceptors (Lipinski definition) is 6. The second kappa shape index (κ2) is 8.50. The summed E-state index contributed by atoms with van der Waals surface area (Å²) in [5.74, 6) is -0.740. The van der Waals surface area contributed by atoms with Crippen LogP contribution in [-0.4, -0.2) is 25.2 Å². The lowest BCUT2D eigenvalue weighted by Gasteiger charge is -2.10. The molecular formula is C20H17ClO5S. The van der Waals surface area contributed by atoms with Crippen molar-refractivity contribution in [2.24, 2.45) is 0 Å². The highest BCUT2D eigenvalue weighted by molar-refractivity contribution is 7.98. The summed E-state index contributed by atoms with van der Waals surface area (Å²) in [5, 5.41) is 1.49. The highest BCUT2D eigenvalue weighted by Crippen LogP contribution is 2.33. The fraction of sp³-hybridized carbons (Fsp3) is 0.200. The zero-order valence-corrected chi connectivity index (χ0v) is 16.3. The van der Waals surface area contributed by atoms with Gasteiger partial charge in [-0.25, -0.2) is 9.59 Å². The summed E-state index contributed by atoms with van der Waals surface area (Å²) in [6.45, 7) is 1.45. The number of carbonyl (C=O) groups is 2. The summed E-state index contributed by atoms with van der Waals surface area (Å²) in [6.07, 6.45) is -1.02. The third-order valence-corrected chi connectivity index (χ3v) is 5.19. The maximum atomic E-state index is 12.6. The van der Waals surface area contributed by atoms with Crippen molar-refractivity contribution in [3.05, 3.63) is 64.9 Å². The minimum Gasteiger partial charge on any atom is -0.466 e. The van der Waals surface area contributed by atoms with Crippen molar-refractivity contribution in [1.29, 1.82) is 0 Å². The van der Waals surface area contributed by atoms with E-state index in [0.29, 0.717) is 21.9 Å². The first-order valence-corrected chi connectivity index (χ1v) is 9.53. The Morgan fingerprint density at radius 1 is 1.15 bits per heavy atom. The second-order valence-corrected chi connectivity index (χ2v) is 7.20. The van der Waals surface area contributed by atoms with Gasteiger partial charge in [-0.2, -0.15) is 0 Å². The molecule has 0 radical (unpaired) electrons. The smallest absolute Gasteiger partial charge is 0.375 e. The molecule has 0 bridgehead atoms. The Bertz CT molecular complexity index is 964. The van der Waals surface area contributed by atoms with Crippen molar-refractivity contribution in [2.45, 2.75) is 23.7 Å². The number of para-hydroxylation sites is 1. The van der Waals surface area contributed by atoms with Gasteiger partial charge in [-0.05, 0) is 37.3 Å². The average Bonchev–Trinajstić information content (AvgIpc) is 3.05. The van der Waals surface area contributed by atoms with E-state index in [1.807, 2.05) is 42.5 Å². The molecule has 7 heteroatoms. The maximum Gasteiger partial charge on any atom is 0.375 e. The molecule has 3 rings (SSSR count). The van der Waals surface area contributed by atoms with Crippen LogP contribution in [0, 0.1) is 0 Å². The van der Waals surface area contributed by atoms with Crippen LogP contribution < -0.4 is 0 Å². The lowest BCUT2D eigenvalue weighted by Crippen LogP contribution is -2.25. The van der Waals surface area contributed by atoms with Crippen LogP contribution in [0.4, 0.5) is 0 Å². The summed E-state index contributed by atoms with van der Waals surface area (Å²) in [6, 6.07) is 14.8. The second-order valence-electron chi connectivity index (χ2n) is 5.72. The normalized spacial score (nSPS) is 12.0. The number of rotatable bonds is 6. The van der Waals surface area contributed by atoms with Crippen LogP contribution in [-0.2, 0) is 20.0 Å². The molecule has 0 unspecified atom stereocenters. The Morgan fingerprint density at radius 3 is 2.56 bits per heavy atom. The molecule has 0 amide bonds. The topological polar surface area (TPSA) is 65.7 Å². The highest BCUT2D eigenvalue weighted by atomic mass is 35.5. The van der Waals surface area contributed by atoms with Crippen LogP contribution in [0.3, 0.4) is 0 Å². The Hall–Kier alpha value is -2.44. The molecule has 1 atom stereocenters.